The third-order valence-corrected chi connectivity index (χ3v) is 9.05. The van der Waals surface area contributed by atoms with E-state index in [-0.39, 0.29) is 42.2 Å². The number of carbonyl (C=O) groups is 5. The zero-order chi connectivity index (χ0) is 32.9. The Hall–Kier alpha value is -5.30. The number of anilines is 1. The second-order valence-electron chi connectivity index (χ2n) is 11.1. The van der Waals surface area contributed by atoms with Crippen LogP contribution in [0.15, 0.2) is 60.7 Å². The first-order chi connectivity index (χ1) is 22.8. The number of imide groups is 2. The van der Waals surface area contributed by atoms with Crippen LogP contribution in [0, 0.1) is 0 Å². The lowest BCUT2D eigenvalue weighted by atomic mass is 10.0. The highest BCUT2D eigenvalue weighted by Crippen LogP contribution is 2.34. The molecule has 1 unspecified atom stereocenters. The summed E-state index contributed by atoms with van der Waals surface area (Å²) in [6.45, 7) is 0.643. The van der Waals surface area contributed by atoms with E-state index < -0.39 is 29.7 Å². The molecule has 0 spiro atoms. The first-order valence-corrected chi connectivity index (χ1v) is 16.2. The van der Waals surface area contributed by atoms with E-state index in [0.29, 0.717) is 13.2 Å². The van der Waals surface area contributed by atoms with Crippen molar-refractivity contribution in [3.8, 4) is 22.1 Å². The van der Waals surface area contributed by atoms with Gasteiger partial charge in [0.1, 0.15) is 22.5 Å². The molecule has 0 bridgehead atoms. The van der Waals surface area contributed by atoms with Crippen LogP contribution in [0.5, 0.6) is 11.5 Å². The van der Waals surface area contributed by atoms with Crippen molar-refractivity contribution in [2.75, 3.05) is 32.1 Å². The van der Waals surface area contributed by atoms with E-state index in [0.717, 1.165) is 56.4 Å². The van der Waals surface area contributed by atoms with Crippen molar-refractivity contribution in [1.29, 1.82) is 0 Å². The summed E-state index contributed by atoms with van der Waals surface area (Å²) < 4.78 is 12.6. The summed E-state index contributed by atoms with van der Waals surface area (Å²) in [6.07, 6.45) is 2.48. The average Bonchev–Trinajstić information content (AvgIpc) is 3.61. The van der Waals surface area contributed by atoms with Gasteiger partial charge in [-0.25, -0.2) is 4.98 Å². The molecule has 1 aromatic heterocycles. The number of carbonyl (C=O) groups excluding carboxylic acids is 5. The number of hydrogen-bond donors (Lipinski definition) is 3. The van der Waals surface area contributed by atoms with Crippen molar-refractivity contribution in [2.45, 2.75) is 38.1 Å². The quantitative estimate of drug-likeness (QED) is 0.142. The molecule has 0 radical (unpaired) electrons. The SMILES string of the molecule is CNc1ccc(-c2nc3ccc(OCCCCCNC(=O)COc4cccc5c4C(=O)N(C4CCC(=O)NC4=O)C5=O)cc3s2)cc1. The molecule has 0 aliphatic carbocycles. The van der Waals surface area contributed by atoms with Crippen molar-refractivity contribution in [3.63, 3.8) is 0 Å². The number of piperidine rings is 1. The van der Waals surface area contributed by atoms with Gasteiger partial charge in [0.15, 0.2) is 6.61 Å². The average molecular weight is 656 g/mol. The van der Waals surface area contributed by atoms with Gasteiger partial charge in [0.05, 0.1) is 28.0 Å². The number of rotatable bonds is 13. The van der Waals surface area contributed by atoms with E-state index in [1.54, 1.807) is 17.4 Å². The van der Waals surface area contributed by atoms with Crippen molar-refractivity contribution >= 4 is 56.8 Å². The van der Waals surface area contributed by atoms with Crippen molar-refractivity contribution in [3.05, 3.63) is 71.8 Å². The Kier molecular flexibility index (Phi) is 9.43. The monoisotopic (exact) mass is 655 g/mol. The second-order valence-corrected chi connectivity index (χ2v) is 12.2. The summed E-state index contributed by atoms with van der Waals surface area (Å²) in [5.74, 6) is -1.96. The van der Waals surface area contributed by atoms with Gasteiger partial charge >= 0.3 is 0 Å². The van der Waals surface area contributed by atoms with Crippen LogP contribution in [0.4, 0.5) is 5.69 Å². The predicted molar refractivity (Wildman–Crippen MR) is 176 cm³/mol. The Morgan fingerprint density at radius 3 is 2.62 bits per heavy atom. The molecule has 0 saturated carbocycles. The Morgan fingerprint density at radius 1 is 1.00 bits per heavy atom. The maximum atomic E-state index is 13.2. The molecule has 6 rings (SSSR count). The summed E-state index contributed by atoms with van der Waals surface area (Å²) >= 11 is 1.63. The van der Waals surface area contributed by atoms with Gasteiger partial charge in [0.2, 0.25) is 11.8 Å². The Balaban J connectivity index is 0.913. The minimum Gasteiger partial charge on any atom is -0.494 e. The van der Waals surface area contributed by atoms with E-state index in [2.05, 4.69) is 28.1 Å². The molecule has 3 heterocycles. The van der Waals surface area contributed by atoms with Crippen molar-refractivity contribution < 1.29 is 33.4 Å². The highest BCUT2D eigenvalue weighted by atomic mass is 32.1. The highest BCUT2D eigenvalue weighted by molar-refractivity contribution is 7.21. The molecule has 242 valence electrons. The molecule has 47 heavy (non-hydrogen) atoms. The third-order valence-electron chi connectivity index (χ3n) is 7.98. The fourth-order valence-corrected chi connectivity index (χ4v) is 6.52. The van der Waals surface area contributed by atoms with Gasteiger partial charge in [-0.3, -0.25) is 34.2 Å². The van der Waals surface area contributed by atoms with E-state index >= 15 is 0 Å². The summed E-state index contributed by atoms with van der Waals surface area (Å²) in [5.41, 5.74) is 3.14. The van der Waals surface area contributed by atoms with Gasteiger partial charge in [-0.15, -0.1) is 11.3 Å². The number of nitrogens with one attached hydrogen (secondary N) is 3. The molecular weight excluding hydrogens is 622 g/mol. The number of thiazole rings is 1. The second kappa shape index (κ2) is 14.0. The van der Waals surface area contributed by atoms with Gasteiger partial charge in [0, 0.05) is 31.3 Å². The molecular formula is C34H33N5O7S. The minimum atomic E-state index is -1.08. The number of nitrogens with zero attached hydrogens (tertiary/aromatic N) is 2. The fourth-order valence-electron chi connectivity index (χ4n) is 5.52. The van der Waals surface area contributed by atoms with E-state index in [4.69, 9.17) is 14.5 Å². The molecule has 4 aromatic rings. The van der Waals surface area contributed by atoms with Gasteiger partial charge in [-0.2, -0.15) is 0 Å². The van der Waals surface area contributed by atoms with Gasteiger partial charge in [0.25, 0.3) is 17.7 Å². The molecule has 1 saturated heterocycles. The molecule has 12 nitrogen and oxygen atoms in total. The lowest BCUT2D eigenvalue weighted by Gasteiger charge is -2.27. The minimum absolute atomic E-state index is 0.00408. The topological polar surface area (TPSA) is 156 Å². The van der Waals surface area contributed by atoms with Gasteiger partial charge < -0.3 is 20.1 Å². The standard InChI is InChI=1S/C34H33N5O7S/c1-35-21-10-8-20(9-11-21)32-37-24-13-12-22(18-27(24)47-32)45-17-4-2-3-16-36-29(41)19-46-26-7-5-6-23-30(26)34(44)39(33(23)43)25-14-15-28(40)38-31(25)42/h5-13,18,25,35H,2-4,14-17,19H2,1H3,(H,36,41)(H,38,40,42). The van der Waals surface area contributed by atoms with Crippen LogP contribution in [0.2, 0.25) is 0 Å². The predicted octanol–water partition coefficient (Wildman–Crippen LogP) is 4.15. The maximum absolute atomic E-state index is 13.2. The number of amides is 5. The van der Waals surface area contributed by atoms with Crippen LogP contribution >= 0.6 is 11.3 Å². The number of hydrogen-bond acceptors (Lipinski definition) is 10. The number of benzene rings is 3. The number of fused-ring (bicyclic) bond motifs is 2. The molecule has 2 aliphatic heterocycles. The van der Waals surface area contributed by atoms with Crippen LogP contribution in [-0.2, 0) is 14.4 Å². The Bertz CT molecular complexity index is 1860. The summed E-state index contributed by atoms with van der Waals surface area (Å²) in [7, 11) is 1.89. The van der Waals surface area contributed by atoms with Crippen LogP contribution in [0.1, 0.15) is 52.8 Å². The van der Waals surface area contributed by atoms with Crippen LogP contribution in [-0.4, -0.2) is 72.3 Å². The lowest BCUT2D eigenvalue weighted by molar-refractivity contribution is -0.136. The molecule has 1 atom stereocenters. The number of ether oxygens (including phenoxy) is 2. The zero-order valence-corrected chi connectivity index (χ0v) is 26.5. The smallest absolute Gasteiger partial charge is 0.266 e. The normalized spacial score (nSPS) is 15.9. The summed E-state index contributed by atoms with van der Waals surface area (Å²) in [6, 6.07) is 17.5. The summed E-state index contributed by atoms with van der Waals surface area (Å²) in [4.78, 5) is 68.0. The zero-order valence-electron chi connectivity index (χ0n) is 25.7. The highest BCUT2D eigenvalue weighted by Gasteiger charge is 2.46. The van der Waals surface area contributed by atoms with E-state index in [1.807, 2.05) is 37.4 Å². The van der Waals surface area contributed by atoms with Gasteiger partial charge in [-0.1, -0.05) is 6.07 Å². The molecule has 13 heteroatoms. The largest absolute Gasteiger partial charge is 0.494 e. The first kappa shape index (κ1) is 31.7. The van der Waals surface area contributed by atoms with Crippen molar-refractivity contribution in [1.82, 2.24) is 20.5 Å². The maximum Gasteiger partial charge on any atom is 0.266 e. The molecule has 3 N–H and O–H groups in total. The molecule has 2 aliphatic rings. The number of aromatic nitrogens is 1. The van der Waals surface area contributed by atoms with Crippen LogP contribution in [0.25, 0.3) is 20.8 Å². The Labute approximate surface area is 274 Å². The molecule has 3 aromatic carbocycles. The third kappa shape index (κ3) is 6.94. The van der Waals surface area contributed by atoms with Crippen molar-refractivity contribution in [2.24, 2.45) is 0 Å². The molecule has 5 amide bonds. The van der Waals surface area contributed by atoms with Gasteiger partial charge in [-0.05, 0) is 80.3 Å². The molecule has 1 fully saturated rings. The van der Waals surface area contributed by atoms with E-state index in [9.17, 15) is 24.0 Å². The Morgan fingerprint density at radius 2 is 1.83 bits per heavy atom. The first-order valence-electron chi connectivity index (χ1n) is 15.4. The van der Waals surface area contributed by atoms with Crippen LogP contribution in [0.3, 0.4) is 0 Å². The fraction of sp³-hybridized carbons (Fsp3) is 0.294. The summed E-state index contributed by atoms with van der Waals surface area (Å²) in [5, 5.41) is 9.05. The number of unbranched alkanes of at least 4 members (excludes halogenated alkanes) is 2. The van der Waals surface area contributed by atoms with E-state index in [1.165, 1.54) is 12.1 Å². The van der Waals surface area contributed by atoms with Crippen LogP contribution < -0.4 is 25.4 Å². The lowest BCUT2D eigenvalue weighted by Crippen LogP contribution is -2.54.